The van der Waals surface area contributed by atoms with Crippen LogP contribution < -0.4 is 19.1 Å². The number of aromatic nitrogens is 1. The Labute approximate surface area is 249 Å². The fourth-order valence-electron chi connectivity index (χ4n) is 4.99. The van der Waals surface area contributed by atoms with Crippen molar-refractivity contribution >= 4 is 44.1 Å². The highest BCUT2D eigenvalue weighted by Gasteiger charge is 2.48. The van der Waals surface area contributed by atoms with Gasteiger partial charge in [-0.15, -0.1) is 0 Å². The van der Waals surface area contributed by atoms with Gasteiger partial charge < -0.3 is 19.3 Å². The zero-order valence-electron chi connectivity index (χ0n) is 24.2. The molecule has 0 spiro atoms. The Morgan fingerprint density at radius 3 is 2.48 bits per heavy atom. The molecular formula is C33H34N2O6S. The number of aliphatic hydroxyl groups excluding tert-OH is 1. The van der Waals surface area contributed by atoms with Crippen molar-refractivity contribution in [3.8, 4) is 17.2 Å². The first-order valence-corrected chi connectivity index (χ1v) is 14.9. The summed E-state index contributed by atoms with van der Waals surface area (Å²) in [5.41, 5.74) is 2.73. The smallest absolute Gasteiger partial charge is 0.301 e. The maximum atomic E-state index is 13.7. The average molecular weight is 587 g/mol. The number of carbonyl (C=O) groups is 2. The van der Waals surface area contributed by atoms with Gasteiger partial charge in [-0.1, -0.05) is 43.2 Å². The summed E-state index contributed by atoms with van der Waals surface area (Å²) in [7, 11) is 1.55. The van der Waals surface area contributed by atoms with Crippen LogP contribution in [0, 0.1) is 6.92 Å². The largest absolute Gasteiger partial charge is 0.507 e. The lowest BCUT2D eigenvalue weighted by molar-refractivity contribution is -0.132. The van der Waals surface area contributed by atoms with Crippen LogP contribution in [0.25, 0.3) is 16.0 Å². The van der Waals surface area contributed by atoms with Crippen molar-refractivity contribution in [1.82, 2.24) is 4.98 Å². The Kier molecular flexibility index (Phi) is 8.77. The van der Waals surface area contributed by atoms with Crippen molar-refractivity contribution in [2.24, 2.45) is 0 Å². The quantitative estimate of drug-likeness (QED) is 0.0858. The fourth-order valence-corrected chi connectivity index (χ4v) is 6.08. The number of rotatable bonds is 11. The van der Waals surface area contributed by atoms with Gasteiger partial charge in [-0.3, -0.25) is 14.5 Å². The van der Waals surface area contributed by atoms with Gasteiger partial charge in [0.05, 0.1) is 42.2 Å². The van der Waals surface area contributed by atoms with Gasteiger partial charge in [-0.05, 0) is 79.9 Å². The second-order valence-corrected chi connectivity index (χ2v) is 11.1. The number of benzene rings is 3. The number of thiazole rings is 1. The van der Waals surface area contributed by atoms with Gasteiger partial charge in [0.25, 0.3) is 5.78 Å². The molecule has 4 aromatic rings. The number of anilines is 1. The summed E-state index contributed by atoms with van der Waals surface area (Å²) in [6, 6.07) is 17.0. The van der Waals surface area contributed by atoms with E-state index in [1.54, 1.807) is 49.6 Å². The van der Waals surface area contributed by atoms with Crippen LogP contribution in [0.2, 0.25) is 0 Å². The van der Waals surface area contributed by atoms with Crippen molar-refractivity contribution in [2.45, 2.75) is 46.1 Å². The molecule has 3 aromatic carbocycles. The zero-order chi connectivity index (χ0) is 29.8. The second kappa shape index (κ2) is 12.7. The van der Waals surface area contributed by atoms with E-state index in [1.165, 1.54) is 16.2 Å². The molecule has 1 aromatic heterocycles. The number of hydrogen-bond acceptors (Lipinski definition) is 8. The third-order valence-corrected chi connectivity index (χ3v) is 8.15. The van der Waals surface area contributed by atoms with Crippen molar-refractivity contribution in [3.05, 3.63) is 82.9 Å². The molecule has 0 aliphatic carbocycles. The lowest BCUT2D eigenvalue weighted by atomic mass is 9.95. The SMILES string of the molecule is CCCCCOc1ccc(C2C(=C(O)c3ccc(OC)cc3)C(=O)C(=O)N2c2nc3ccc(C)cc3s2)cc1OCC. The fraction of sp³-hybridized carbons (Fsp3) is 0.303. The number of Topliss-reactive ketones (excluding diaryl/α,β-unsaturated/α-hetero) is 1. The van der Waals surface area contributed by atoms with Crippen LogP contribution in [-0.4, -0.2) is 42.1 Å². The summed E-state index contributed by atoms with van der Waals surface area (Å²) in [6.45, 7) is 6.95. The van der Waals surface area contributed by atoms with Crippen LogP contribution >= 0.6 is 11.3 Å². The van der Waals surface area contributed by atoms with Gasteiger partial charge in [0.1, 0.15) is 11.5 Å². The molecule has 5 rings (SSSR count). The highest BCUT2D eigenvalue weighted by Crippen LogP contribution is 2.46. The van der Waals surface area contributed by atoms with Gasteiger partial charge in [-0.25, -0.2) is 4.98 Å². The number of aryl methyl sites for hydroxylation is 1. The molecule has 1 atom stereocenters. The first-order chi connectivity index (χ1) is 20.4. The minimum Gasteiger partial charge on any atom is -0.507 e. The summed E-state index contributed by atoms with van der Waals surface area (Å²) in [6.07, 6.45) is 3.06. The van der Waals surface area contributed by atoms with Crippen LogP contribution in [0.4, 0.5) is 5.13 Å². The number of fused-ring (bicyclic) bond motifs is 1. The molecule has 0 saturated carbocycles. The normalized spacial score (nSPS) is 16.3. The van der Waals surface area contributed by atoms with Crippen LogP contribution in [0.15, 0.2) is 66.2 Å². The molecule has 42 heavy (non-hydrogen) atoms. The number of nitrogens with zero attached hydrogens (tertiary/aromatic N) is 2. The van der Waals surface area contributed by atoms with Crippen LogP contribution in [0.3, 0.4) is 0 Å². The Morgan fingerprint density at radius 2 is 1.76 bits per heavy atom. The molecule has 218 valence electrons. The third-order valence-electron chi connectivity index (χ3n) is 7.14. The van der Waals surface area contributed by atoms with E-state index in [1.807, 2.05) is 32.0 Å². The number of methoxy groups -OCH3 is 1. The molecule has 1 fully saturated rings. The summed E-state index contributed by atoms with van der Waals surface area (Å²) in [5.74, 6) is -0.145. The minimum atomic E-state index is -0.942. The van der Waals surface area contributed by atoms with Gasteiger partial charge in [0.15, 0.2) is 16.6 Å². The minimum absolute atomic E-state index is 0.0281. The van der Waals surface area contributed by atoms with Gasteiger partial charge in [0.2, 0.25) is 0 Å². The molecule has 9 heteroatoms. The maximum Gasteiger partial charge on any atom is 0.301 e. The summed E-state index contributed by atoms with van der Waals surface area (Å²) in [4.78, 5) is 33.4. The molecule has 8 nitrogen and oxygen atoms in total. The second-order valence-electron chi connectivity index (χ2n) is 10.1. The van der Waals surface area contributed by atoms with Gasteiger partial charge in [-0.2, -0.15) is 0 Å². The summed E-state index contributed by atoms with van der Waals surface area (Å²) >= 11 is 1.33. The molecule has 2 heterocycles. The Hall–Kier alpha value is -4.37. The Bertz CT molecular complexity index is 1640. The van der Waals surface area contributed by atoms with Crippen molar-refractivity contribution in [2.75, 3.05) is 25.2 Å². The predicted octanol–water partition coefficient (Wildman–Crippen LogP) is 7.21. The monoisotopic (exact) mass is 586 g/mol. The highest BCUT2D eigenvalue weighted by atomic mass is 32.1. The van der Waals surface area contributed by atoms with E-state index in [9.17, 15) is 14.7 Å². The number of unbranched alkanes of at least 4 members (excludes halogenated alkanes) is 2. The first-order valence-electron chi connectivity index (χ1n) is 14.1. The lowest BCUT2D eigenvalue weighted by Gasteiger charge is -2.24. The topological polar surface area (TPSA) is 98.2 Å². The van der Waals surface area contributed by atoms with E-state index in [0.717, 1.165) is 35.0 Å². The molecule has 1 saturated heterocycles. The highest BCUT2D eigenvalue weighted by molar-refractivity contribution is 7.22. The Morgan fingerprint density at radius 1 is 0.976 bits per heavy atom. The van der Waals surface area contributed by atoms with Crippen LogP contribution in [-0.2, 0) is 9.59 Å². The number of aliphatic hydroxyl groups is 1. The number of hydrogen-bond donors (Lipinski definition) is 1. The molecule has 1 aliphatic heterocycles. The van der Waals surface area contributed by atoms with Crippen molar-refractivity contribution < 1.29 is 28.9 Å². The van der Waals surface area contributed by atoms with E-state index in [-0.39, 0.29) is 11.3 Å². The number of carbonyl (C=O) groups excluding carboxylic acids is 2. The van der Waals surface area contributed by atoms with Crippen LogP contribution in [0.1, 0.15) is 55.8 Å². The van der Waals surface area contributed by atoms with Crippen molar-refractivity contribution in [1.29, 1.82) is 0 Å². The van der Waals surface area contributed by atoms with E-state index in [2.05, 4.69) is 6.92 Å². The van der Waals surface area contributed by atoms with E-state index in [4.69, 9.17) is 19.2 Å². The molecular weight excluding hydrogens is 552 g/mol. The van der Waals surface area contributed by atoms with Gasteiger partial charge >= 0.3 is 5.91 Å². The van der Waals surface area contributed by atoms with E-state index < -0.39 is 17.7 Å². The molecule has 0 radical (unpaired) electrons. The van der Waals surface area contributed by atoms with E-state index >= 15 is 0 Å². The molecule has 1 N–H and O–H groups in total. The average Bonchev–Trinajstić information content (AvgIpc) is 3.53. The molecule has 1 amide bonds. The molecule has 0 bridgehead atoms. The maximum absolute atomic E-state index is 13.7. The number of ketones is 1. The van der Waals surface area contributed by atoms with E-state index in [0.29, 0.717) is 46.7 Å². The van der Waals surface area contributed by atoms with Crippen LogP contribution in [0.5, 0.6) is 17.2 Å². The third kappa shape index (κ3) is 5.69. The summed E-state index contributed by atoms with van der Waals surface area (Å²) < 4.78 is 18.1. The molecule has 1 aliphatic rings. The number of ether oxygens (including phenoxy) is 3. The first kappa shape index (κ1) is 29.1. The lowest BCUT2D eigenvalue weighted by Crippen LogP contribution is -2.29. The molecule has 1 unspecified atom stereocenters. The zero-order valence-corrected chi connectivity index (χ0v) is 25.0. The summed E-state index contributed by atoms with van der Waals surface area (Å²) in [5, 5.41) is 11.9. The Balaban J connectivity index is 1.66. The van der Waals surface area contributed by atoms with Gasteiger partial charge in [0, 0.05) is 5.56 Å². The van der Waals surface area contributed by atoms with Crippen molar-refractivity contribution in [3.63, 3.8) is 0 Å². The predicted molar refractivity (Wildman–Crippen MR) is 165 cm³/mol. The number of amides is 1. The standard InChI is InChI=1S/C33H34N2O6S/c1-5-7-8-17-41-25-16-12-22(19-26(25)40-6-2)29-28(30(36)21-10-13-23(39-4)14-11-21)31(37)32(38)35(29)33-34-24-15-9-20(3)18-27(24)42-33/h9-16,18-19,29,36H,5-8,17H2,1-4H3.